The zero-order valence-electron chi connectivity index (χ0n) is 11.0. The molecule has 1 unspecified atom stereocenters. The van der Waals surface area contributed by atoms with Crippen LogP contribution in [-0.2, 0) is 11.3 Å². The summed E-state index contributed by atoms with van der Waals surface area (Å²) in [5.74, 6) is -0.931. The summed E-state index contributed by atoms with van der Waals surface area (Å²) in [7, 11) is 0. The average Bonchev–Trinajstić information content (AvgIpc) is 2.45. The quantitative estimate of drug-likeness (QED) is 0.894. The number of aliphatic hydroxyl groups excluding tert-OH is 1. The number of amides is 1. The molecule has 5 heteroatoms. The second kappa shape index (κ2) is 6.25. The number of pyridine rings is 1. The number of rotatable bonds is 4. The Morgan fingerprint density at radius 1 is 1.35 bits per heavy atom. The second-order valence-electron chi connectivity index (χ2n) is 4.48. The molecular formula is C15H15FN2O2. The van der Waals surface area contributed by atoms with E-state index in [1.165, 1.54) is 24.3 Å². The highest BCUT2D eigenvalue weighted by Crippen LogP contribution is 2.13. The van der Waals surface area contributed by atoms with E-state index in [-0.39, 0.29) is 0 Å². The summed E-state index contributed by atoms with van der Waals surface area (Å²) in [4.78, 5) is 15.9. The van der Waals surface area contributed by atoms with Gasteiger partial charge in [-0.05, 0) is 42.3 Å². The molecule has 20 heavy (non-hydrogen) atoms. The number of aromatic nitrogens is 1. The Hall–Kier alpha value is -2.27. The standard InChI is InChI=1S/C15H15FN2O2/c1-10-8-11(6-7-17-10)9-18-15(20)14(19)12-2-4-13(16)5-3-12/h2-8,14,19H,9H2,1H3,(H,18,20). The lowest BCUT2D eigenvalue weighted by molar-refractivity contribution is -0.129. The molecule has 1 aromatic carbocycles. The highest BCUT2D eigenvalue weighted by molar-refractivity contribution is 5.81. The molecule has 2 N–H and O–H groups in total. The summed E-state index contributed by atoms with van der Waals surface area (Å²) < 4.78 is 12.8. The van der Waals surface area contributed by atoms with Crippen LogP contribution in [0.3, 0.4) is 0 Å². The van der Waals surface area contributed by atoms with Gasteiger partial charge in [-0.1, -0.05) is 12.1 Å². The predicted molar refractivity (Wildman–Crippen MR) is 72.2 cm³/mol. The minimum atomic E-state index is -1.31. The lowest BCUT2D eigenvalue weighted by atomic mass is 10.1. The maximum Gasteiger partial charge on any atom is 0.253 e. The van der Waals surface area contributed by atoms with Gasteiger partial charge in [0.25, 0.3) is 5.91 Å². The van der Waals surface area contributed by atoms with Gasteiger partial charge in [-0.3, -0.25) is 9.78 Å². The Bertz CT molecular complexity index is 599. The number of aryl methyl sites for hydroxylation is 1. The zero-order valence-corrected chi connectivity index (χ0v) is 11.0. The van der Waals surface area contributed by atoms with Gasteiger partial charge in [0.1, 0.15) is 5.82 Å². The van der Waals surface area contributed by atoms with Gasteiger partial charge in [0.15, 0.2) is 6.10 Å². The molecule has 1 aromatic heterocycles. The maximum absolute atomic E-state index is 12.8. The van der Waals surface area contributed by atoms with Crippen LogP contribution in [0.4, 0.5) is 4.39 Å². The van der Waals surface area contributed by atoms with Crippen LogP contribution in [0.15, 0.2) is 42.6 Å². The van der Waals surface area contributed by atoms with Crippen molar-refractivity contribution in [2.24, 2.45) is 0 Å². The molecule has 0 saturated heterocycles. The van der Waals surface area contributed by atoms with E-state index in [0.29, 0.717) is 12.1 Å². The smallest absolute Gasteiger partial charge is 0.253 e. The van der Waals surface area contributed by atoms with Crippen molar-refractivity contribution < 1.29 is 14.3 Å². The summed E-state index contributed by atoms with van der Waals surface area (Å²) in [5, 5.41) is 12.5. The molecule has 1 heterocycles. The number of carbonyl (C=O) groups is 1. The molecule has 1 amide bonds. The van der Waals surface area contributed by atoms with Crippen LogP contribution in [0.5, 0.6) is 0 Å². The minimum Gasteiger partial charge on any atom is -0.378 e. The largest absolute Gasteiger partial charge is 0.378 e. The van der Waals surface area contributed by atoms with Crippen molar-refractivity contribution in [2.75, 3.05) is 0 Å². The van der Waals surface area contributed by atoms with Crippen molar-refractivity contribution in [3.63, 3.8) is 0 Å². The third kappa shape index (κ3) is 3.61. The van der Waals surface area contributed by atoms with Crippen molar-refractivity contribution in [3.05, 3.63) is 65.2 Å². The Balaban J connectivity index is 1.96. The number of halogens is 1. The van der Waals surface area contributed by atoms with E-state index in [0.717, 1.165) is 11.3 Å². The van der Waals surface area contributed by atoms with E-state index in [9.17, 15) is 14.3 Å². The molecule has 0 aliphatic carbocycles. The second-order valence-corrected chi connectivity index (χ2v) is 4.48. The molecule has 1 atom stereocenters. The van der Waals surface area contributed by atoms with Gasteiger partial charge in [-0.2, -0.15) is 0 Å². The summed E-state index contributed by atoms with van der Waals surface area (Å²) in [6.07, 6.45) is 0.353. The van der Waals surface area contributed by atoms with Gasteiger partial charge in [0.05, 0.1) is 0 Å². The van der Waals surface area contributed by atoms with Crippen LogP contribution in [0.2, 0.25) is 0 Å². The fraction of sp³-hybridized carbons (Fsp3) is 0.200. The average molecular weight is 274 g/mol. The monoisotopic (exact) mass is 274 g/mol. The highest BCUT2D eigenvalue weighted by Gasteiger charge is 2.16. The van der Waals surface area contributed by atoms with Gasteiger partial charge in [0, 0.05) is 18.4 Å². The molecule has 0 bridgehead atoms. The van der Waals surface area contributed by atoms with Crippen LogP contribution < -0.4 is 5.32 Å². The first-order valence-corrected chi connectivity index (χ1v) is 6.19. The van der Waals surface area contributed by atoms with E-state index < -0.39 is 17.8 Å². The Morgan fingerprint density at radius 2 is 2.05 bits per heavy atom. The molecule has 4 nitrogen and oxygen atoms in total. The third-order valence-electron chi connectivity index (χ3n) is 2.86. The van der Waals surface area contributed by atoms with Crippen LogP contribution in [0.1, 0.15) is 22.9 Å². The molecule has 0 radical (unpaired) electrons. The Kier molecular flexibility index (Phi) is 4.42. The normalized spacial score (nSPS) is 11.9. The predicted octanol–water partition coefficient (Wildman–Crippen LogP) is 1.88. The Morgan fingerprint density at radius 3 is 2.70 bits per heavy atom. The Labute approximate surface area is 116 Å². The molecule has 0 aliphatic heterocycles. The van der Waals surface area contributed by atoms with Crippen LogP contribution in [0, 0.1) is 12.7 Å². The molecule has 2 aromatic rings. The van der Waals surface area contributed by atoms with E-state index >= 15 is 0 Å². The number of nitrogens with zero attached hydrogens (tertiary/aromatic N) is 1. The van der Waals surface area contributed by atoms with Crippen LogP contribution in [-0.4, -0.2) is 16.0 Å². The number of hydrogen-bond acceptors (Lipinski definition) is 3. The van der Waals surface area contributed by atoms with E-state index in [1.807, 2.05) is 13.0 Å². The van der Waals surface area contributed by atoms with Crippen LogP contribution >= 0.6 is 0 Å². The van der Waals surface area contributed by atoms with Crippen molar-refractivity contribution in [1.29, 1.82) is 0 Å². The maximum atomic E-state index is 12.8. The molecule has 2 rings (SSSR count). The summed E-state index contributed by atoms with van der Waals surface area (Å²) in [6.45, 7) is 2.17. The SMILES string of the molecule is Cc1cc(CNC(=O)C(O)c2ccc(F)cc2)ccn1. The van der Waals surface area contributed by atoms with E-state index in [1.54, 1.807) is 12.3 Å². The van der Waals surface area contributed by atoms with Crippen LogP contribution in [0.25, 0.3) is 0 Å². The number of hydrogen-bond donors (Lipinski definition) is 2. The van der Waals surface area contributed by atoms with E-state index in [2.05, 4.69) is 10.3 Å². The van der Waals surface area contributed by atoms with Gasteiger partial charge in [-0.25, -0.2) is 4.39 Å². The summed E-state index contributed by atoms with van der Waals surface area (Å²) >= 11 is 0. The molecule has 0 fully saturated rings. The fourth-order valence-corrected chi connectivity index (χ4v) is 1.80. The highest BCUT2D eigenvalue weighted by atomic mass is 19.1. The molecular weight excluding hydrogens is 259 g/mol. The van der Waals surface area contributed by atoms with Crippen molar-refractivity contribution >= 4 is 5.91 Å². The van der Waals surface area contributed by atoms with Crippen molar-refractivity contribution in [3.8, 4) is 0 Å². The molecule has 0 saturated carbocycles. The summed E-state index contributed by atoms with van der Waals surface area (Å²) in [6, 6.07) is 8.82. The number of aliphatic hydroxyl groups is 1. The number of benzene rings is 1. The number of carbonyl (C=O) groups excluding carboxylic acids is 1. The first-order chi connectivity index (χ1) is 9.56. The first-order valence-electron chi connectivity index (χ1n) is 6.19. The zero-order chi connectivity index (χ0) is 14.5. The van der Waals surface area contributed by atoms with Gasteiger partial charge in [-0.15, -0.1) is 0 Å². The van der Waals surface area contributed by atoms with Crippen molar-refractivity contribution in [1.82, 2.24) is 10.3 Å². The topological polar surface area (TPSA) is 62.2 Å². The van der Waals surface area contributed by atoms with Gasteiger partial charge >= 0.3 is 0 Å². The lowest BCUT2D eigenvalue weighted by Crippen LogP contribution is -2.28. The number of nitrogens with one attached hydrogen (secondary N) is 1. The first kappa shape index (κ1) is 14.1. The lowest BCUT2D eigenvalue weighted by Gasteiger charge is -2.12. The van der Waals surface area contributed by atoms with Crippen molar-refractivity contribution in [2.45, 2.75) is 19.6 Å². The van der Waals surface area contributed by atoms with E-state index in [4.69, 9.17) is 0 Å². The molecule has 104 valence electrons. The minimum absolute atomic E-state index is 0.306. The summed E-state index contributed by atoms with van der Waals surface area (Å²) in [5.41, 5.74) is 2.11. The van der Waals surface area contributed by atoms with Gasteiger partial charge < -0.3 is 10.4 Å². The fourth-order valence-electron chi connectivity index (χ4n) is 1.80. The third-order valence-corrected chi connectivity index (χ3v) is 2.86. The molecule has 0 aliphatic rings. The molecule has 0 spiro atoms. The van der Waals surface area contributed by atoms with Gasteiger partial charge in [0.2, 0.25) is 0 Å².